The Morgan fingerprint density at radius 1 is 0.875 bits per heavy atom. The van der Waals surface area contributed by atoms with Gasteiger partial charge in [-0.05, 0) is 66.2 Å². The Balaban J connectivity index is 1.65. The Labute approximate surface area is 151 Å². The van der Waals surface area contributed by atoms with E-state index in [0.717, 1.165) is 0 Å². The molecule has 0 nitrogen and oxygen atoms in total. The van der Waals surface area contributed by atoms with E-state index < -0.39 is 0 Å². The maximum Gasteiger partial charge on any atom is 0.000525 e. The van der Waals surface area contributed by atoms with E-state index in [1.54, 1.807) is 5.54 Å². The highest BCUT2D eigenvalue weighted by atomic mass is 35.5. The summed E-state index contributed by atoms with van der Waals surface area (Å²) in [6.07, 6.45) is 9.60. The summed E-state index contributed by atoms with van der Waals surface area (Å²) in [5.74, 6) is 1.39. The molecule has 0 bridgehead atoms. The highest BCUT2D eigenvalue weighted by molar-refractivity contribution is 6.25. The number of hydrogen-bond acceptors (Lipinski definition) is 0. The van der Waals surface area contributed by atoms with Crippen LogP contribution in [0.2, 0.25) is 0 Å². The first-order valence-electron chi connectivity index (χ1n) is 9.26. The lowest BCUT2D eigenvalue weighted by molar-refractivity contribution is 0.376. The fourth-order valence-electron chi connectivity index (χ4n) is 3.85. The van der Waals surface area contributed by atoms with Crippen molar-refractivity contribution in [1.82, 2.24) is 0 Å². The van der Waals surface area contributed by atoms with Crippen molar-refractivity contribution in [1.29, 1.82) is 0 Å². The van der Waals surface area contributed by atoms with Gasteiger partial charge in [-0.3, -0.25) is 0 Å². The Bertz CT molecular complexity index is 643. The van der Waals surface area contributed by atoms with Crippen molar-refractivity contribution < 1.29 is 0 Å². The molecule has 0 saturated heterocycles. The molecule has 1 saturated carbocycles. The van der Waals surface area contributed by atoms with E-state index in [2.05, 4.69) is 61.5 Å². The third kappa shape index (κ3) is 4.30. The molecule has 1 heteroatoms. The smallest absolute Gasteiger partial charge is 0.000525 e. The predicted octanol–water partition coefficient (Wildman–Crippen LogP) is 7.33. The van der Waals surface area contributed by atoms with Crippen molar-refractivity contribution in [2.24, 2.45) is 5.92 Å². The standard InChI is InChI=1S/C23H27Cl/c1-2-3-18-4-8-20(9-5-18)22-12-14-23(15-13-22)21-10-6-19(7-11-21)16-17-24/h4-5,8-9,12-17,19,21H,2-3,6-7,10-11H2,1H3/b17-16+/t19-,21-. The van der Waals surface area contributed by atoms with Gasteiger partial charge in [-0.1, -0.05) is 79.6 Å². The molecule has 0 amide bonds. The van der Waals surface area contributed by atoms with Gasteiger partial charge in [0.25, 0.3) is 0 Å². The number of halogens is 1. The molecule has 2 aromatic carbocycles. The molecule has 0 unspecified atom stereocenters. The van der Waals surface area contributed by atoms with Gasteiger partial charge in [0.2, 0.25) is 0 Å². The fraction of sp³-hybridized carbons (Fsp3) is 0.391. The average molecular weight is 339 g/mol. The number of rotatable bonds is 5. The van der Waals surface area contributed by atoms with Crippen LogP contribution >= 0.6 is 11.6 Å². The highest BCUT2D eigenvalue weighted by Crippen LogP contribution is 2.37. The molecule has 126 valence electrons. The van der Waals surface area contributed by atoms with Gasteiger partial charge in [0.05, 0.1) is 0 Å². The normalized spacial score (nSPS) is 21.2. The molecule has 1 fully saturated rings. The summed E-state index contributed by atoms with van der Waals surface area (Å²) in [5, 5.41) is 0. The lowest BCUT2D eigenvalue weighted by Gasteiger charge is -2.27. The summed E-state index contributed by atoms with van der Waals surface area (Å²) in [6, 6.07) is 18.3. The van der Waals surface area contributed by atoms with Crippen molar-refractivity contribution >= 4 is 11.6 Å². The van der Waals surface area contributed by atoms with Crippen LogP contribution in [0.1, 0.15) is 56.1 Å². The molecule has 1 aliphatic carbocycles. The second-order valence-electron chi connectivity index (χ2n) is 7.00. The summed E-state index contributed by atoms with van der Waals surface area (Å²) in [4.78, 5) is 0. The van der Waals surface area contributed by atoms with E-state index in [0.29, 0.717) is 11.8 Å². The SMILES string of the molecule is CCCc1ccc(-c2ccc([C@H]3CC[C@H](/C=C/Cl)CC3)cc2)cc1. The summed E-state index contributed by atoms with van der Waals surface area (Å²) >= 11 is 5.71. The zero-order valence-corrected chi connectivity index (χ0v) is 15.3. The van der Waals surface area contributed by atoms with Gasteiger partial charge in [-0.2, -0.15) is 0 Å². The lowest BCUT2D eigenvalue weighted by Crippen LogP contribution is -2.11. The van der Waals surface area contributed by atoms with Crippen molar-refractivity contribution in [2.45, 2.75) is 51.4 Å². The summed E-state index contributed by atoms with van der Waals surface area (Å²) < 4.78 is 0. The summed E-state index contributed by atoms with van der Waals surface area (Å²) in [6.45, 7) is 2.23. The zero-order chi connectivity index (χ0) is 16.8. The molecule has 0 radical (unpaired) electrons. The van der Waals surface area contributed by atoms with Crippen LogP contribution in [0.15, 0.2) is 60.1 Å². The van der Waals surface area contributed by atoms with Crippen LogP contribution in [-0.4, -0.2) is 0 Å². The van der Waals surface area contributed by atoms with Crippen LogP contribution in [0.25, 0.3) is 11.1 Å². The molecular formula is C23H27Cl. The summed E-state index contributed by atoms with van der Waals surface area (Å²) in [5.41, 5.74) is 7.25. The third-order valence-corrected chi connectivity index (χ3v) is 5.47. The first-order valence-corrected chi connectivity index (χ1v) is 9.70. The molecule has 0 atom stereocenters. The van der Waals surface area contributed by atoms with E-state index in [9.17, 15) is 0 Å². The van der Waals surface area contributed by atoms with Crippen molar-refractivity contribution in [3.8, 4) is 11.1 Å². The van der Waals surface area contributed by atoms with Crippen molar-refractivity contribution in [3.05, 3.63) is 71.3 Å². The molecule has 24 heavy (non-hydrogen) atoms. The minimum Gasteiger partial charge on any atom is -0.0933 e. The molecular weight excluding hydrogens is 312 g/mol. The Kier molecular flexibility index (Phi) is 6.15. The first kappa shape index (κ1) is 17.3. The molecule has 1 aliphatic rings. The second kappa shape index (κ2) is 8.53. The molecule has 3 rings (SSSR count). The molecule has 0 aromatic heterocycles. The van der Waals surface area contributed by atoms with Gasteiger partial charge < -0.3 is 0 Å². The van der Waals surface area contributed by atoms with Crippen molar-refractivity contribution in [3.63, 3.8) is 0 Å². The summed E-state index contributed by atoms with van der Waals surface area (Å²) in [7, 11) is 0. The third-order valence-electron chi connectivity index (χ3n) is 5.32. The topological polar surface area (TPSA) is 0 Å². The van der Waals surface area contributed by atoms with E-state index >= 15 is 0 Å². The number of benzene rings is 2. The molecule has 0 heterocycles. The van der Waals surface area contributed by atoms with Gasteiger partial charge in [0.15, 0.2) is 0 Å². The number of aryl methyl sites for hydroxylation is 1. The zero-order valence-electron chi connectivity index (χ0n) is 14.5. The second-order valence-corrected chi connectivity index (χ2v) is 7.25. The minimum atomic E-state index is 0.680. The monoisotopic (exact) mass is 338 g/mol. The molecule has 0 spiro atoms. The largest absolute Gasteiger partial charge is 0.0933 e. The Hall–Kier alpha value is -1.53. The number of hydrogen-bond donors (Lipinski definition) is 0. The van der Waals surface area contributed by atoms with Gasteiger partial charge >= 0.3 is 0 Å². The maximum atomic E-state index is 5.71. The van der Waals surface area contributed by atoms with Gasteiger partial charge in [0, 0.05) is 5.54 Å². The molecule has 0 N–H and O–H groups in total. The van der Waals surface area contributed by atoms with Gasteiger partial charge in [-0.25, -0.2) is 0 Å². The van der Waals surface area contributed by atoms with Gasteiger partial charge in [0.1, 0.15) is 0 Å². The lowest BCUT2D eigenvalue weighted by atomic mass is 9.78. The maximum absolute atomic E-state index is 5.71. The Morgan fingerprint density at radius 3 is 2.00 bits per heavy atom. The Morgan fingerprint density at radius 2 is 1.46 bits per heavy atom. The van der Waals surface area contributed by atoms with E-state index in [-0.39, 0.29) is 0 Å². The minimum absolute atomic E-state index is 0.680. The van der Waals surface area contributed by atoms with E-state index in [1.807, 2.05) is 0 Å². The van der Waals surface area contributed by atoms with Gasteiger partial charge in [-0.15, -0.1) is 0 Å². The van der Waals surface area contributed by atoms with E-state index in [4.69, 9.17) is 11.6 Å². The van der Waals surface area contributed by atoms with Crippen LogP contribution in [0.5, 0.6) is 0 Å². The number of allylic oxidation sites excluding steroid dienone is 1. The average Bonchev–Trinajstić information content (AvgIpc) is 2.64. The quantitative estimate of drug-likeness (QED) is 0.535. The van der Waals surface area contributed by atoms with Crippen LogP contribution in [-0.2, 0) is 6.42 Å². The van der Waals surface area contributed by atoms with Crippen LogP contribution in [0.3, 0.4) is 0 Å². The highest BCUT2D eigenvalue weighted by Gasteiger charge is 2.20. The fourth-order valence-corrected chi connectivity index (χ4v) is 4.05. The molecule has 0 aliphatic heterocycles. The first-order chi connectivity index (χ1) is 11.8. The van der Waals surface area contributed by atoms with Crippen LogP contribution < -0.4 is 0 Å². The van der Waals surface area contributed by atoms with Crippen LogP contribution in [0.4, 0.5) is 0 Å². The van der Waals surface area contributed by atoms with E-state index in [1.165, 1.54) is 60.8 Å². The van der Waals surface area contributed by atoms with Crippen molar-refractivity contribution in [2.75, 3.05) is 0 Å². The van der Waals surface area contributed by atoms with Crippen LogP contribution in [0, 0.1) is 5.92 Å². The molecule has 2 aromatic rings. The predicted molar refractivity (Wildman–Crippen MR) is 106 cm³/mol.